The highest BCUT2D eigenvalue weighted by Crippen LogP contribution is 2.34. The van der Waals surface area contributed by atoms with Crippen LogP contribution in [0.25, 0.3) is 11.8 Å². The Balaban J connectivity index is 2.02. The molecule has 0 unspecified atom stereocenters. The first kappa shape index (κ1) is 19.3. The highest BCUT2D eigenvalue weighted by molar-refractivity contribution is 8.18. The summed E-state index contributed by atoms with van der Waals surface area (Å²) in [4.78, 5) is 36.1. The quantitative estimate of drug-likeness (QED) is 0.773. The van der Waals surface area contributed by atoms with Crippen LogP contribution in [0.4, 0.5) is 4.79 Å². The number of carboxylic acid groups (broad SMARTS) is 1. The molecule has 0 aliphatic carbocycles. The number of carboxylic acids is 1. The zero-order valence-electron chi connectivity index (χ0n) is 14.9. The molecule has 1 aromatic heterocycles. The largest absolute Gasteiger partial charge is 0.480 e. The van der Waals surface area contributed by atoms with Gasteiger partial charge >= 0.3 is 5.97 Å². The monoisotopic (exact) mass is 404 g/mol. The van der Waals surface area contributed by atoms with Crippen molar-refractivity contribution < 1.29 is 19.5 Å². The van der Waals surface area contributed by atoms with E-state index in [9.17, 15) is 14.4 Å². The van der Waals surface area contributed by atoms with E-state index >= 15 is 0 Å². The third kappa shape index (κ3) is 3.52. The average molecular weight is 405 g/mol. The summed E-state index contributed by atoms with van der Waals surface area (Å²) >= 11 is 6.99. The fraction of sp³-hybridized carbons (Fsp3) is 0.211. The molecule has 8 heteroatoms. The number of carbonyl (C=O) groups is 3. The third-order valence-electron chi connectivity index (χ3n) is 4.40. The fourth-order valence-corrected chi connectivity index (χ4v) is 4.05. The maximum atomic E-state index is 12.4. The number of aromatic nitrogens is 1. The van der Waals surface area contributed by atoms with Gasteiger partial charge in [-0.2, -0.15) is 0 Å². The number of carbonyl (C=O) groups excluding carboxylic acids is 2. The number of halogens is 1. The average Bonchev–Trinajstić information content (AvgIpc) is 3.01. The van der Waals surface area contributed by atoms with E-state index in [1.165, 1.54) is 0 Å². The molecule has 2 aromatic rings. The van der Waals surface area contributed by atoms with Gasteiger partial charge in [0.25, 0.3) is 11.1 Å². The predicted molar refractivity (Wildman–Crippen MR) is 105 cm³/mol. The number of thioether (sulfide) groups is 1. The lowest BCUT2D eigenvalue weighted by atomic mass is 10.2. The summed E-state index contributed by atoms with van der Waals surface area (Å²) in [6.07, 6.45) is 1.63. The standard InChI is InChI=1S/C19H17ClN2O4S/c1-10-7-13(8-16-18(25)21(9-17(23)24)19(26)27-16)12(3)22(10)15-6-4-5-14(20)11(15)2/h4-8H,9H2,1-3H3,(H,23,24)/b16-8+. The molecule has 27 heavy (non-hydrogen) atoms. The van der Waals surface area contributed by atoms with Crippen molar-refractivity contribution in [2.45, 2.75) is 20.8 Å². The van der Waals surface area contributed by atoms with Gasteiger partial charge in [0.1, 0.15) is 6.54 Å². The van der Waals surface area contributed by atoms with Gasteiger partial charge in [-0.1, -0.05) is 17.7 Å². The maximum Gasteiger partial charge on any atom is 0.323 e. The molecular weight excluding hydrogens is 388 g/mol. The van der Waals surface area contributed by atoms with E-state index < -0.39 is 23.7 Å². The molecule has 2 amide bonds. The molecule has 0 atom stereocenters. The van der Waals surface area contributed by atoms with Gasteiger partial charge in [-0.15, -0.1) is 0 Å². The minimum absolute atomic E-state index is 0.212. The molecule has 140 valence electrons. The van der Waals surface area contributed by atoms with Crippen LogP contribution in [0.2, 0.25) is 5.02 Å². The van der Waals surface area contributed by atoms with Crippen LogP contribution in [0.1, 0.15) is 22.5 Å². The van der Waals surface area contributed by atoms with Crippen molar-refractivity contribution in [3.63, 3.8) is 0 Å². The molecule has 0 saturated carbocycles. The van der Waals surface area contributed by atoms with E-state index in [-0.39, 0.29) is 4.91 Å². The van der Waals surface area contributed by atoms with Gasteiger partial charge in [-0.25, -0.2) is 0 Å². The number of rotatable bonds is 4. The number of aryl methyl sites for hydroxylation is 1. The predicted octanol–water partition coefficient (Wildman–Crippen LogP) is 4.18. The van der Waals surface area contributed by atoms with Crippen molar-refractivity contribution in [3.8, 4) is 5.69 Å². The molecule has 6 nitrogen and oxygen atoms in total. The third-order valence-corrected chi connectivity index (χ3v) is 5.72. The van der Waals surface area contributed by atoms with Crippen molar-refractivity contribution >= 4 is 46.6 Å². The van der Waals surface area contributed by atoms with Crippen LogP contribution in [-0.2, 0) is 9.59 Å². The van der Waals surface area contributed by atoms with Crippen molar-refractivity contribution in [1.82, 2.24) is 9.47 Å². The molecule has 2 heterocycles. The molecular formula is C19H17ClN2O4S. The normalized spacial score (nSPS) is 15.9. The van der Waals surface area contributed by atoms with E-state index in [0.29, 0.717) is 5.02 Å². The number of aliphatic carboxylic acids is 1. The molecule has 1 fully saturated rings. The van der Waals surface area contributed by atoms with Gasteiger partial charge in [0.05, 0.1) is 4.91 Å². The highest BCUT2D eigenvalue weighted by Gasteiger charge is 2.36. The van der Waals surface area contributed by atoms with Crippen LogP contribution >= 0.6 is 23.4 Å². The number of imide groups is 1. The highest BCUT2D eigenvalue weighted by atomic mass is 35.5. The Bertz CT molecular complexity index is 1010. The minimum atomic E-state index is -1.23. The SMILES string of the molecule is Cc1c(Cl)cccc1-n1c(C)cc(/C=C2/SC(=O)N(CC(=O)O)C2=O)c1C. The van der Waals surface area contributed by atoms with Crippen LogP contribution in [0.3, 0.4) is 0 Å². The second-order valence-corrected chi connectivity index (χ2v) is 7.61. The van der Waals surface area contributed by atoms with Gasteiger partial charge in [0.15, 0.2) is 0 Å². The lowest BCUT2D eigenvalue weighted by Crippen LogP contribution is -2.33. The summed E-state index contributed by atoms with van der Waals surface area (Å²) in [7, 11) is 0. The Labute approximate surface area is 165 Å². The molecule has 1 saturated heterocycles. The van der Waals surface area contributed by atoms with E-state index in [2.05, 4.69) is 0 Å². The van der Waals surface area contributed by atoms with E-state index in [1.807, 2.05) is 49.6 Å². The van der Waals surface area contributed by atoms with E-state index in [1.54, 1.807) is 6.08 Å². The Morgan fingerprint density at radius 2 is 1.96 bits per heavy atom. The van der Waals surface area contributed by atoms with Gasteiger partial charge in [-0.3, -0.25) is 19.3 Å². The van der Waals surface area contributed by atoms with Crippen molar-refractivity contribution in [2.75, 3.05) is 6.54 Å². The van der Waals surface area contributed by atoms with Crippen LogP contribution in [0.5, 0.6) is 0 Å². The summed E-state index contributed by atoms with van der Waals surface area (Å²) in [6.45, 7) is 5.16. The lowest BCUT2D eigenvalue weighted by molar-refractivity contribution is -0.140. The van der Waals surface area contributed by atoms with Crippen molar-refractivity contribution in [3.05, 3.63) is 56.7 Å². The summed E-state index contributed by atoms with van der Waals surface area (Å²) < 4.78 is 2.04. The lowest BCUT2D eigenvalue weighted by Gasteiger charge is -2.13. The Hall–Kier alpha value is -2.51. The number of amides is 2. The molecule has 3 rings (SSSR count). The Kier molecular flexibility index (Phi) is 5.17. The topological polar surface area (TPSA) is 79.6 Å². The van der Waals surface area contributed by atoms with Crippen LogP contribution in [-0.4, -0.2) is 38.2 Å². The second kappa shape index (κ2) is 7.25. The van der Waals surface area contributed by atoms with Gasteiger partial charge in [0, 0.05) is 22.1 Å². The molecule has 1 aliphatic heterocycles. The van der Waals surface area contributed by atoms with Crippen molar-refractivity contribution in [1.29, 1.82) is 0 Å². The molecule has 0 radical (unpaired) electrons. The van der Waals surface area contributed by atoms with Crippen LogP contribution in [0.15, 0.2) is 29.2 Å². The number of benzene rings is 1. The molecule has 1 aliphatic rings. The maximum absolute atomic E-state index is 12.4. The Morgan fingerprint density at radius 3 is 2.63 bits per heavy atom. The minimum Gasteiger partial charge on any atom is -0.480 e. The number of hydrogen-bond acceptors (Lipinski definition) is 4. The second-order valence-electron chi connectivity index (χ2n) is 6.21. The summed E-state index contributed by atoms with van der Waals surface area (Å²) in [5.74, 6) is -1.82. The zero-order chi connectivity index (χ0) is 19.9. The Morgan fingerprint density at radius 1 is 1.26 bits per heavy atom. The first-order chi connectivity index (χ1) is 12.7. The number of hydrogen-bond donors (Lipinski definition) is 1. The fourth-order valence-electron chi connectivity index (χ4n) is 3.06. The number of nitrogens with zero attached hydrogens (tertiary/aromatic N) is 2. The van der Waals surface area contributed by atoms with Crippen molar-refractivity contribution in [2.24, 2.45) is 0 Å². The smallest absolute Gasteiger partial charge is 0.323 e. The van der Waals surface area contributed by atoms with E-state index in [4.69, 9.17) is 16.7 Å². The first-order valence-corrected chi connectivity index (χ1v) is 9.31. The summed E-state index contributed by atoms with van der Waals surface area (Å²) in [5, 5.41) is 8.94. The molecule has 1 aromatic carbocycles. The summed E-state index contributed by atoms with van der Waals surface area (Å²) in [6, 6.07) is 7.58. The summed E-state index contributed by atoms with van der Waals surface area (Å²) in [5.41, 5.74) is 4.51. The van der Waals surface area contributed by atoms with Gasteiger partial charge in [0.2, 0.25) is 0 Å². The zero-order valence-corrected chi connectivity index (χ0v) is 16.5. The van der Waals surface area contributed by atoms with E-state index in [0.717, 1.165) is 44.9 Å². The molecule has 1 N–H and O–H groups in total. The van der Waals surface area contributed by atoms with Crippen LogP contribution in [0, 0.1) is 20.8 Å². The molecule has 0 spiro atoms. The van der Waals surface area contributed by atoms with Gasteiger partial charge in [-0.05, 0) is 67.9 Å². The molecule has 0 bridgehead atoms. The van der Waals surface area contributed by atoms with Gasteiger partial charge < -0.3 is 9.67 Å². The first-order valence-electron chi connectivity index (χ1n) is 8.12. The van der Waals surface area contributed by atoms with Crippen LogP contribution < -0.4 is 0 Å².